The SMILES string of the molecule is Cc1c(C2=C(C(=O)O)N3C(=O)[C@H]([C@@H](C)O)[C@H]3[C@H]2C)sc2c(SCCCN=C(N)N)n(C(N)=O)c[n+]12. The standard InChI is InChI=1S/C21H27N7O5S2/c1-8-11(14(19(31)32)28-13(8)12(10(3)29)16(28)30)15-9(2)26-7-27(21(24)33)17(18(26)35-15)34-6-4-5-25-20(22)23/h7-8,10,12-13,29H,4-6H2,1-3H3,(H6-,22,23,24,25,31,32,33)/p+1/t8-,10+,12+,13+/m0/s1. The van der Waals surface area contributed by atoms with Crippen LogP contribution in [0.4, 0.5) is 4.79 Å². The Kier molecular flexibility index (Phi) is 6.55. The van der Waals surface area contributed by atoms with E-state index in [1.807, 2.05) is 18.2 Å². The van der Waals surface area contributed by atoms with Crippen molar-refractivity contribution >= 4 is 57.4 Å². The molecule has 4 rings (SSSR count). The topological polar surface area (TPSA) is 194 Å². The average molecular weight is 523 g/mol. The number of rotatable bonds is 8. The molecule has 0 aromatic carbocycles. The fourth-order valence-corrected chi connectivity index (χ4v) is 7.45. The van der Waals surface area contributed by atoms with Gasteiger partial charge in [0.2, 0.25) is 15.8 Å². The first-order chi connectivity index (χ1) is 16.5. The summed E-state index contributed by atoms with van der Waals surface area (Å²) in [5.74, 6) is -1.87. The summed E-state index contributed by atoms with van der Waals surface area (Å²) in [5, 5.41) is 20.7. The van der Waals surface area contributed by atoms with Crippen molar-refractivity contribution in [2.75, 3.05) is 12.3 Å². The lowest BCUT2D eigenvalue weighted by Gasteiger charge is -2.46. The molecule has 2 amide bonds. The van der Waals surface area contributed by atoms with Gasteiger partial charge in [0.1, 0.15) is 11.4 Å². The molecule has 35 heavy (non-hydrogen) atoms. The summed E-state index contributed by atoms with van der Waals surface area (Å²) in [6.07, 6.45) is 1.38. The Morgan fingerprint density at radius 2 is 2.03 bits per heavy atom. The van der Waals surface area contributed by atoms with Gasteiger partial charge in [-0.3, -0.25) is 9.79 Å². The number of β-lactam (4-membered cyclic amide) rings is 1. The molecule has 0 spiro atoms. The van der Waals surface area contributed by atoms with Crippen LogP contribution in [0, 0.1) is 18.8 Å². The molecule has 4 heterocycles. The Balaban J connectivity index is 1.76. The number of thioether (sulfide) groups is 1. The second-order valence-corrected chi connectivity index (χ2v) is 10.7. The van der Waals surface area contributed by atoms with Crippen LogP contribution in [0.1, 0.15) is 30.8 Å². The summed E-state index contributed by atoms with van der Waals surface area (Å²) in [6.45, 7) is 5.70. The molecular weight excluding hydrogens is 494 g/mol. The number of carboxylic acids is 1. The maximum Gasteiger partial charge on any atom is 0.411 e. The molecule has 4 atom stereocenters. The van der Waals surface area contributed by atoms with Gasteiger partial charge in [-0.1, -0.05) is 30.0 Å². The molecule has 0 saturated carbocycles. The van der Waals surface area contributed by atoms with Gasteiger partial charge in [-0.2, -0.15) is 4.40 Å². The van der Waals surface area contributed by atoms with Gasteiger partial charge in [-0.15, -0.1) is 4.57 Å². The van der Waals surface area contributed by atoms with E-state index < -0.39 is 30.1 Å². The minimum atomic E-state index is -1.19. The van der Waals surface area contributed by atoms with Crippen LogP contribution in [0.15, 0.2) is 22.0 Å². The number of primary amides is 1. The normalized spacial score (nSPS) is 22.3. The third-order valence-corrected chi connectivity index (χ3v) is 9.02. The maximum absolute atomic E-state index is 12.7. The predicted octanol–water partition coefficient (Wildman–Crippen LogP) is -0.0677. The second kappa shape index (κ2) is 9.17. The van der Waals surface area contributed by atoms with Crippen LogP contribution in [0.2, 0.25) is 0 Å². The van der Waals surface area contributed by atoms with E-state index in [4.69, 9.17) is 17.2 Å². The number of aryl methyl sites for hydroxylation is 1. The summed E-state index contributed by atoms with van der Waals surface area (Å²) in [5.41, 5.74) is 17.6. The van der Waals surface area contributed by atoms with Gasteiger partial charge < -0.3 is 32.3 Å². The molecule has 2 aromatic rings. The summed E-state index contributed by atoms with van der Waals surface area (Å²) in [7, 11) is 0. The van der Waals surface area contributed by atoms with Gasteiger partial charge in [-0.05, 0) is 20.3 Å². The van der Waals surface area contributed by atoms with Gasteiger partial charge in [0.05, 0.1) is 22.9 Å². The van der Waals surface area contributed by atoms with Crippen molar-refractivity contribution in [2.45, 2.75) is 44.4 Å². The molecule has 0 aliphatic carbocycles. The van der Waals surface area contributed by atoms with E-state index in [1.165, 1.54) is 32.6 Å². The minimum Gasteiger partial charge on any atom is -0.477 e. The number of hydrogen-bond donors (Lipinski definition) is 5. The van der Waals surface area contributed by atoms with E-state index in [9.17, 15) is 24.6 Å². The van der Waals surface area contributed by atoms with E-state index in [0.717, 1.165) is 15.4 Å². The van der Waals surface area contributed by atoms with Crippen LogP contribution in [0.5, 0.6) is 0 Å². The molecule has 12 nitrogen and oxygen atoms in total. The molecule has 0 radical (unpaired) electrons. The number of aliphatic hydroxyl groups is 1. The number of amides is 2. The van der Waals surface area contributed by atoms with Crippen molar-refractivity contribution in [3.63, 3.8) is 0 Å². The first-order valence-electron chi connectivity index (χ1n) is 11.0. The molecule has 1 saturated heterocycles. The maximum atomic E-state index is 12.7. The van der Waals surface area contributed by atoms with Crippen LogP contribution in [0.3, 0.4) is 0 Å². The molecule has 0 unspecified atom stereocenters. The van der Waals surface area contributed by atoms with Crippen LogP contribution in [-0.4, -0.2) is 68.0 Å². The Labute approximate surface area is 209 Å². The Morgan fingerprint density at radius 1 is 1.34 bits per heavy atom. The van der Waals surface area contributed by atoms with Gasteiger partial charge in [0.25, 0.3) is 6.33 Å². The first kappa shape index (κ1) is 25.0. The summed E-state index contributed by atoms with van der Waals surface area (Å²) in [6, 6.07) is -1.05. The predicted molar refractivity (Wildman–Crippen MR) is 131 cm³/mol. The van der Waals surface area contributed by atoms with E-state index in [2.05, 4.69) is 4.99 Å². The molecule has 2 aromatic heterocycles. The lowest BCUT2D eigenvalue weighted by Crippen LogP contribution is -2.63. The third kappa shape index (κ3) is 3.94. The van der Waals surface area contributed by atoms with E-state index in [0.29, 0.717) is 29.3 Å². The minimum absolute atomic E-state index is 0.0150. The van der Waals surface area contributed by atoms with Crippen molar-refractivity contribution in [3.05, 3.63) is 22.6 Å². The molecule has 1 fully saturated rings. The van der Waals surface area contributed by atoms with Gasteiger partial charge in [0, 0.05) is 23.8 Å². The summed E-state index contributed by atoms with van der Waals surface area (Å²) >= 11 is 2.77. The molecule has 2 aliphatic rings. The fraction of sp³-hybridized carbons (Fsp3) is 0.476. The number of imidazole rings is 1. The quantitative estimate of drug-likeness (QED) is 0.0793. The van der Waals surface area contributed by atoms with Crippen LogP contribution < -0.4 is 21.6 Å². The number of nitrogens with zero attached hydrogens (tertiary/aromatic N) is 4. The number of carbonyl (C=O) groups excluding carboxylic acids is 2. The number of aliphatic carboxylic acids is 1. The number of aromatic nitrogens is 2. The van der Waals surface area contributed by atoms with Crippen molar-refractivity contribution in [3.8, 4) is 0 Å². The number of carbonyl (C=O) groups is 3. The highest BCUT2D eigenvalue weighted by molar-refractivity contribution is 7.99. The highest BCUT2D eigenvalue weighted by Gasteiger charge is 2.60. The van der Waals surface area contributed by atoms with E-state index >= 15 is 0 Å². The molecule has 0 bridgehead atoms. The van der Waals surface area contributed by atoms with Crippen LogP contribution in [-0.2, 0) is 9.59 Å². The Morgan fingerprint density at radius 3 is 2.60 bits per heavy atom. The number of thiazole rings is 1. The number of nitrogens with two attached hydrogens (primary N) is 3. The van der Waals surface area contributed by atoms with Crippen LogP contribution >= 0.6 is 23.1 Å². The van der Waals surface area contributed by atoms with E-state index in [-0.39, 0.29) is 23.5 Å². The number of aliphatic hydroxyl groups excluding tert-OH is 1. The molecule has 2 aliphatic heterocycles. The lowest BCUT2D eigenvalue weighted by atomic mass is 9.77. The molecule has 8 N–H and O–H groups in total. The highest BCUT2D eigenvalue weighted by atomic mass is 32.2. The monoisotopic (exact) mass is 522 g/mol. The largest absolute Gasteiger partial charge is 0.477 e. The summed E-state index contributed by atoms with van der Waals surface area (Å²) < 4.78 is 3.17. The van der Waals surface area contributed by atoms with Crippen molar-refractivity contribution in [2.24, 2.45) is 34.0 Å². The Hall–Kier alpha value is -3.10. The zero-order valence-corrected chi connectivity index (χ0v) is 21.1. The van der Waals surface area contributed by atoms with Gasteiger partial charge >= 0.3 is 12.0 Å². The van der Waals surface area contributed by atoms with Crippen molar-refractivity contribution in [1.82, 2.24) is 9.47 Å². The molecular formula is C21H28N7O5S2+. The number of aliphatic imine (C=N–C) groups is 1. The lowest BCUT2D eigenvalue weighted by molar-refractivity contribution is -0.515. The van der Waals surface area contributed by atoms with E-state index in [1.54, 1.807) is 13.3 Å². The number of hydrogen-bond acceptors (Lipinski definition) is 7. The van der Waals surface area contributed by atoms with Crippen LogP contribution in [0.25, 0.3) is 10.4 Å². The molecule has 14 heteroatoms. The fourth-order valence-electron chi connectivity index (χ4n) is 4.88. The number of fused-ring (bicyclic) bond motifs is 2. The molecule has 188 valence electrons. The smallest absolute Gasteiger partial charge is 0.411 e. The Bertz CT molecular complexity index is 1290. The van der Waals surface area contributed by atoms with Gasteiger partial charge in [-0.25, -0.2) is 9.59 Å². The number of guanidine groups is 1. The first-order valence-corrected chi connectivity index (χ1v) is 12.8. The van der Waals surface area contributed by atoms with Crippen molar-refractivity contribution in [1.29, 1.82) is 0 Å². The summed E-state index contributed by atoms with van der Waals surface area (Å²) in [4.78, 5) is 43.8. The average Bonchev–Trinajstić information content (AvgIpc) is 3.35. The zero-order valence-electron chi connectivity index (χ0n) is 19.5. The highest BCUT2D eigenvalue weighted by Crippen LogP contribution is 2.52. The second-order valence-electron chi connectivity index (χ2n) is 8.65. The zero-order chi connectivity index (χ0) is 25.8. The third-order valence-electron chi connectivity index (χ3n) is 6.43. The number of carboxylic acid groups (broad SMARTS) is 1. The van der Waals surface area contributed by atoms with Crippen molar-refractivity contribution < 1.29 is 29.0 Å². The van der Waals surface area contributed by atoms with Gasteiger partial charge in [0.15, 0.2) is 5.96 Å².